The van der Waals surface area contributed by atoms with Gasteiger partial charge in [-0.3, -0.25) is 0 Å². The van der Waals surface area contributed by atoms with Crippen LogP contribution < -0.4 is 0 Å². The van der Waals surface area contributed by atoms with E-state index >= 15 is 0 Å². The SMILES string of the molecule is O.O.O.O.O.O.[Fe].[Fe]. The molecule has 0 fully saturated rings. The zero-order valence-electron chi connectivity index (χ0n) is 3.71. The van der Waals surface area contributed by atoms with Crippen LogP contribution in [-0.4, -0.2) is 32.9 Å². The van der Waals surface area contributed by atoms with Crippen LogP contribution in [0.15, 0.2) is 0 Å². The van der Waals surface area contributed by atoms with E-state index in [1.807, 2.05) is 0 Å². The van der Waals surface area contributed by atoms with Crippen molar-refractivity contribution >= 4 is 0 Å². The van der Waals surface area contributed by atoms with Gasteiger partial charge in [-0.25, -0.2) is 0 Å². The van der Waals surface area contributed by atoms with E-state index in [0.29, 0.717) is 0 Å². The van der Waals surface area contributed by atoms with Gasteiger partial charge in [0.05, 0.1) is 0 Å². The molecule has 0 aromatic heterocycles. The Morgan fingerprint density at radius 2 is 0.250 bits per heavy atom. The van der Waals surface area contributed by atoms with Crippen molar-refractivity contribution in [3.8, 4) is 0 Å². The first-order valence-electron chi connectivity index (χ1n) is 0. The fraction of sp³-hybridized carbons (Fsp3) is 0. The predicted octanol–water partition coefficient (Wildman–Crippen LogP) is -4.95. The number of rotatable bonds is 0. The van der Waals surface area contributed by atoms with E-state index < -0.39 is 0 Å². The van der Waals surface area contributed by atoms with Crippen molar-refractivity contribution in [3.05, 3.63) is 0 Å². The second kappa shape index (κ2) is 565. The molecule has 0 aliphatic heterocycles. The van der Waals surface area contributed by atoms with Crippen LogP contribution >= 0.6 is 0 Å². The van der Waals surface area contributed by atoms with Crippen molar-refractivity contribution in [1.82, 2.24) is 0 Å². The van der Waals surface area contributed by atoms with E-state index in [1.165, 1.54) is 0 Å². The summed E-state index contributed by atoms with van der Waals surface area (Å²) in [5.74, 6) is 0. The summed E-state index contributed by atoms with van der Waals surface area (Å²) in [6.07, 6.45) is 0. The van der Waals surface area contributed by atoms with Crippen molar-refractivity contribution in [3.63, 3.8) is 0 Å². The maximum absolute atomic E-state index is 0. The van der Waals surface area contributed by atoms with Gasteiger partial charge in [0.25, 0.3) is 0 Å². The van der Waals surface area contributed by atoms with Crippen LogP contribution in [0.2, 0.25) is 0 Å². The third kappa shape index (κ3) is 358. The molecule has 0 saturated carbocycles. The first-order valence-corrected chi connectivity index (χ1v) is 0. The molecule has 0 radical (unpaired) electrons. The summed E-state index contributed by atoms with van der Waals surface area (Å²) < 4.78 is 0. The van der Waals surface area contributed by atoms with E-state index in [2.05, 4.69) is 0 Å². The molecular formula is H12Fe2O6. The molecule has 6 nitrogen and oxygen atoms in total. The molecule has 0 spiro atoms. The second-order valence-electron chi connectivity index (χ2n) is 0. The van der Waals surface area contributed by atoms with E-state index in [4.69, 9.17) is 0 Å². The molecule has 0 bridgehead atoms. The van der Waals surface area contributed by atoms with Gasteiger partial charge in [0.1, 0.15) is 0 Å². The molecule has 64 valence electrons. The van der Waals surface area contributed by atoms with Crippen molar-refractivity contribution in [2.75, 3.05) is 0 Å². The van der Waals surface area contributed by atoms with Crippen LogP contribution in [0.3, 0.4) is 0 Å². The Balaban J connectivity index is 0. The Morgan fingerprint density at radius 3 is 0.250 bits per heavy atom. The third-order valence-corrected chi connectivity index (χ3v) is 0. The van der Waals surface area contributed by atoms with Crippen LogP contribution in [0, 0.1) is 0 Å². The molecule has 0 amide bonds. The Kier molecular flexibility index (Phi) is 59200. The molecule has 0 aromatic carbocycles. The molecule has 8 heavy (non-hydrogen) atoms. The molecule has 8 heteroatoms. The van der Waals surface area contributed by atoms with Crippen molar-refractivity contribution in [2.24, 2.45) is 0 Å². The fourth-order valence-electron chi connectivity index (χ4n) is 0. The molecular weight excluding hydrogens is 208 g/mol. The van der Waals surface area contributed by atoms with Gasteiger partial charge in [0.2, 0.25) is 0 Å². The molecule has 12 N–H and O–H groups in total. The number of hydrogen-bond acceptors (Lipinski definition) is 0. The maximum Gasteiger partial charge on any atom is 0 e. The maximum atomic E-state index is 0. The van der Waals surface area contributed by atoms with Crippen LogP contribution in [0.5, 0.6) is 0 Å². The van der Waals surface area contributed by atoms with Gasteiger partial charge in [-0.1, -0.05) is 0 Å². The van der Waals surface area contributed by atoms with Crippen molar-refractivity contribution < 1.29 is 67.0 Å². The minimum atomic E-state index is 0. The van der Waals surface area contributed by atoms with Gasteiger partial charge in [-0.2, -0.15) is 0 Å². The molecule has 0 unspecified atom stereocenters. The molecule has 0 aromatic rings. The molecule has 0 aliphatic carbocycles. The quantitative estimate of drug-likeness (QED) is 0.353. The van der Waals surface area contributed by atoms with Crippen LogP contribution in [-0.2, 0) is 34.1 Å². The van der Waals surface area contributed by atoms with E-state index in [-0.39, 0.29) is 67.0 Å². The monoisotopic (exact) mass is 220 g/mol. The van der Waals surface area contributed by atoms with Crippen molar-refractivity contribution in [2.45, 2.75) is 0 Å². The molecule has 0 saturated heterocycles. The molecule has 0 aliphatic rings. The summed E-state index contributed by atoms with van der Waals surface area (Å²) in [4.78, 5) is 0. The minimum Gasteiger partial charge on any atom is -0.412 e. The summed E-state index contributed by atoms with van der Waals surface area (Å²) in [6.45, 7) is 0. The average molecular weight is 220 g/mol. The van der Waals surface area contributed by atoms with Gasteiger partial charge in [-0.05, 0) is 0 Å². The third-order valence-electron chi connectivity index (χ3n) is 0. The predicted molar refractivity (Wildman–Crippen MR) is 21.7 cm³/mol. The van der Waals surface area contributed by atoms with Gasteiger partial charge in [0.15, 0.2) is 0 Å². The Bertz CT molecular complexity index is 6.49. The van der Waals surface area contributed by atoms with Gasteiger partial charge in [-0.15, -0.1) is 0 Å². The smallest absolute Gasteiger partial charge is 0 e. The Labute approximate surface area is 67.4 Å². The average Bonchev–Trinajstić information content (AvgIpc) is 0. The summed E-state index contributed by atoms with van der Waals surface area (Å²) in [7, 11) is 0. The zero-order valence-corrected chi connectivity index (χ0v) is 5.92. The van der Waals surface area contributed by atoms with Gasteiger partial charge in [0, 0.05) is 34.1 Å². The molecule has 0 rings (SSSR count). The largest absolute Gasteiger partial charge is 0.412 e. The van der Waals surface area contributed by atoms with E-state index in [9.17, 15) is 0 Å². The molecule has 0 atom stereocenters. The first-order chi connectivity index (χ1) is 0. The van der Waals surface area contributed by atoms with E-state index in [0.717, 1.165) is 0 Å². The summed E-state index contributed by atoms with van der Waals surface area (Å²) in [5, 5.41) is 0. The fourth-order valence-corrected chi connectivity index (χ4v) is 0. The van der Waals surface area contributed by atoms with Crippen LogP contribution in [0.25, 0.3) is 0 Å². The first kappa shape index (κ1) is 838. The molecule has 0 heterocycles. The van der Waals surface area contributed by atoms with Gasteiger partial charge >= 0.3 is 0 Å². The zero-order chi connectivity index (χ0) is 0. The van der Waals surface area contributed by atoms with Crippen LogP contribution in [0.4, 0.5) is 0 Å². The topological polar surface area (TPSA) is 189 Å². The number of hydrogen-bond donors (Lipinski definition) is 0. The minimum absolute atomic E-state index is 0. The summed E-state index contributed by atoms with van der Waals surface area (Å²) >= 11 is 0. The second-order valence-corrected chi connectivity index (χ2v) is 0. The van der Waals surface area contributed by atoms with Crippen LogP contribution in [0.1, 0.15) is 0 Å². The van der Waals surface area contributed by atoms with E-state index in [1.54, 1.807) is 0 Å². The summed E-state index contributed by atoms with van der Waals surface area (Å²) in [6, 6.07) is 0. The van der Waals surface area contributed by atoms with Crippen molar-refractivity contribution in [1.29, 1.82) is 0 Å². The Morgan fingerprint density at radius 1 is 0.250 bits per heavy atom. The normalized spacial score (nSPS) is 0. The van der Waals surface area contributed by atoms with Gasteiger partial charge < -0.3 is 32.9 Å². The standard InChI is InChI=1S/2Fe.6H2O/h;;6*1H2. The summed E-state index contributed by atoms with van der Waals surface area (Å²) in [5.41, 5.74) is 0. The Hall–Kier alpha value is 0.799.